The van der Waals surface area contributed by atoms with Crippen LogP contribution in [-0.4, -0.2) is 31.3 Å². The second-order valence-corrected chi connectivity index (χ2v) is 6.35. The molecule has 0 bridgehead atoms. The van der Waals surface area contributed by atoms with Crippen molar-refractivity contribution in [1.29, 1.82) is 0 Å². The summed E-state index contributed by atoms with van der Waals surface area (Å²) in [5.74, 6) is -0.192. The van der Waals surface area contributed by atoms with Gasteiger partial charge in [-0.15, -0.1) is 0 Å². The quantitative estimate of drug-likeness (QED) is 0.761. The Morgan fingerprint density at radius 1 is 1.23 bits per heavy atom. The van der Waals surface area contributed by atoms with Gasteiger partial charge >= 0.3 is 6.09 Å². The van der Waals surface area contributed by atoms with E-state index in [1.165, 1.54) is 6.07 Å². The monoisotopic (exact) mass is 310 g/mol. The Morgan fingerprint density at radius 2 is 1.95 bits per heavy atom. The molecule has 2 N–H and O–H groups in total. The van der Waals surface area contributed by atoms with Crippen molar-refractivity contribution in [2.75, 3.05) is 19.6 Å². The van der Waals surface area contributed by atoms with E-state index in [0.29, 0.717) is 6.54 Å². The topological polar surface area (TPSA) is 50.4 Å². The van der Waals surface area contributed by atoms with Gasteiger partial charge in [0.15, 0.2) is 0 Å². The van der Waals surface area contributed by atoms with Crippen molar-refractivity contribution in [2.24, 2.45) is 0 Å². The number of benzene rings is 1. The fourth-order valence-corrected chi connectivity index (χ4v) is 2.01. The molecule has 22 heavy (non-hydrogen) atoms. The molecule has 1 aromatic carbocycles. The van der Waals surface area contributed by atoms with Crippen LogP contribution >= 0.6 is 0 Å². The molecule has 0 heterocycles. The van der Waals surface area contributed by atoms with E-state index in [0.717, 1.165) is 37.1 Å². The summed E-state index contributed by atoms with van der Waals surface area (Å²) in [6.45, 7) is 9.67. The zero-order chi connectivity index (χ0) is 16.6. The zero-order valence-corrected chi connectivity index (χ0v) is 14.0. The van der Waals surface area contributed by atoms with Crippen LogP contribution in [0.4, 0.5) is 9.18 Å². The number of rotatable bonds is 7. The summed E-state index contributed by atoms with van der Waals surface area (Å²) in [6.07, 6.45) is 1.32. The number of ether oxygens (including phenoxy) is 1. The maximum atomic E-state index is 13.0. The van der Waals surface area contributed by atoms with Crippen LogP contribution in [0.2, 0.25) is 0 Å². The van der Waals surface area contributed by atoms with Crippen LogP contribution in [0.3, 0.4) is 0 Å². The van der Waals surface area contributed by atoms with Gasteiger partial charge in [-0.25, -0.2) is 9.18 Å². The Labute approximate surface area is 132 Å². The number of halogens is 1. The summed E-state index contributed by atoms with van der Waals surface area (Å²) >= 11 is 0. The molecule has 0 aromatic heterocycles. The van der Waals surface area contributed by atoms with E-state index >= 15 is 0 Å². The molecule has 0 unspecified atom stereocenters. The number of nitrogens with one attached hydrogen (secondary N) is 2. The predicted molar refractivity (Wildman–Crippen MR) is 86.6 cm³/mol. The number of hydrogen-bond donors (Lipinski definition) is 2. The maximum Gasteiger partial charge on any atom is 0.407 e. The van der Waals surface area contributed by atoms with Crippen LogP contribution in [-0.2, 0) is 11.2 Å². The van der Waals surface area contributed by atoms with Gasteiger partial charge in [-0.3, -0.25) is 0 Å². The van der Waals surface area contributed by atoms with Crippen LogP contribution in [0.15, 0.2) is 18.2 Å². The third-order valence-electron chi connectivity index (χ3n) is 3.07. The van der Waals surface area contributed by atoms with Crippen molar-refractivity contribution in [3.05, 3.63) is 35.1 Å². The van der Waals surface area contributed by atoms with Gasteiger partial charge < -0.3 is 15.4 Å². The smallest absolute Gasteiger partial charge is 0.407 e. The van der Waals surface area contributed by atoms with Gasteiger partial charge in [0.25, 0.3) is 0 Å². The van der Waals surface area contributed by atoms with Crippen LogP contribution in [0.5, 0.6) is 0 Å². The Morgan fingerprint density at radius 3 is 2.59 bits per heavy atom. The SMILES string of the molecule is Cc1cc(F)ccc1CCNCCCNC(=O)OC(C)(C)C. The second kappa shape index (κ2) is 8.73. The Balaban J connectivity index is 2.07. The minimum absolute atomic E-state index is 0.192. The Hall–Kier alpha value is -1.62. The molecule has 1 amide bonds. The van der Waals surface area contributed by atoms with Crippen molar-refractivity contribution < 1.29 is 13.9 Å². The molecule has 1 rings (SSSR count). The van der Waals surface area contributed by atoms with Gasteiger partial charge in [0.1, 0.15) is 11.4 Å². The molecule has 0 fully saturated rings. The number of carbonyl (C=O) groups excluding carboxylic acids is 1. The van der Waals surface area contributed by atoms with E-state index in [-0.39, 0.29) is 11.9 Å². The number of hydrogen-bond acceptors (Lipinski definition) is 3. The van der Waals surface area contributed by atoms with Crippen molar-refractivity contribution in [3.63, 3.8) is 0 Å². The van der Waals surface area contributed by atoms with Gasteiger partial charge in [0.2, 0.25) is 0 Å². The molecule has 124 valence electrons. The average molecular weight is 310 g/mol. The van der Waals surface area contributed by atoms with Crippen molar-refractivity contribution in [3.8, 4) is 0 Å². The highest BCUT2D eigenvalue weighted by molar-refractivity contribution is 5.67. The van der Waals surface area contributed by atoms with Gasteiger partial charge in [-0.2, -0.15) is 0 Å². The lowest BCUT2D eigenvalue weighted by atomic mass is 10.1. The molecule has 0 aliphatic heterocycles. The highest BCUT2D eigenvalue weighted by Crippen LogP contribution is 2.10. The number of carbonyl (C=O) groups is 1. The third kappa shape index (κ3) is 7.98. The molecule has 0 saturated carbocycles. The molecular formula is C17H27FN2O2. The first kappa shape index (κ1) is 18.4. The molecule has 4 nitrogen and oxygen atoms in total. The number of aryl methyl sites for hydroxylation is 1. The molecule has 0 radical (unpaired) electrons. The minimum atomic E-state index is -0.463. The summed E-state index contributed by atoms with van der Waals surface area (Å²) in [6, 6.07) is 4.88. The van der Waals surface area contributed by atoms with E-state index in [1.54, 1.807) is 6.07 Å². The van der Waals surface area contributed by atoms with Gasteiger partial charge in [-0.05, 0) is 76.9 Å². The standard InChI is InChI=1S/C17H27FN2O2/c1-13-12-15(18)7-6-14(13)8-11-19-9-5-10-20-16(21)22-17(2,3)4/h6-7,12,19H,5,8-11H2,1-4H3,(H,20,21). The zero-order valence-electron chi connectivity index (χ0n) is 14.0. The highest BCUT2D eigenvalue weighted by atomic mass is 19.1. The largest absolute Gasteiger partial charge is 0.444 e. The lowest BCUT2D eigenvalue weighted by Gasteiger charge is -2.19. The summed E-state index contributed by atoms with van der Waals surface area (Å²) in [4.78, 5) is 11.4. The van der Waals surface area contributed by atoms with Gasteiger partial charge in [-0.1, -0.05) is 6.07 Å². The van der Waals surface area contributed by atoms with Crippen LogP contribution < -0.4 is 10.6 Å². The minimum Gasteiger partial charge on any atom is -0.444 e. The van der Waals surface area contributed by atoms with Crippen LogP contribution in [0.25, 0.3) is 0 Å². The fraction of sp³-hybridized carbons (Fsp3) is 0.588. The van der Waals surface area contributed by atoms with Gasteiger partial charge in [0.05, 0.1) is 0 Å². The van der Waals surface area contributed by atoms with E-state index in [4.69, 9.17) is 4.74 Å². The first-order valence-electron chi connectivity index (χ1n) is 7.70. The van der Waals surface area contributed by atoms with Crippen LogP contribution in [0.1, 0.15) is 38.3 Å². The van der Waals surface area contributed by atoms with Crippen LogP contribution in [0, 0.1) is 12.7 Å². The van der Waals surface area contributed by atoms with Crippen molar-refractivity contribution in [1.82, 2.24) is 10.6 Å². The first-order valence-corrected chi connectivity index (χ1v) is 7.70. The lowest BCUT2D eigenvalue weighted by Crippen LogP contribution is -2.34. The number of alkyl carbamates (subject to hydrolysis) is 1. The maximum absolute atomic E-state index is 13.0. The van der Waals surface area contributed by atoms with E-state index in [2.05, 4.69) is 10.6 Å². The van der Waals surface area contributed by atoms with E-state index in [9.17, 15) is 9.18 Å². The third-order valence-corrected chi connectivity index (χ3v) is 3.07. The lowest BCUT2D eigenvalue weighted by molar-refractivity contribution is 0.0527. The Kier molecular flexibility index (Phi) is 7.32. The normalized spacial score (nSPS) is 11.3. The summed E-state index contributed by atoms with van der Waals surface area (Å²) in [5.41, 5.74) is 1.67. The van der Waals surface area contributed by atoms with Crippen molar-refractivity contribution in [2.45, 2.75) is 46.1 Å². The summed E-state index contributed by atoms with van der Waals surface area (Å²) in [5, 5.41) is 6.03. The predicted octanol–water partition coefficient (Wildman–Crippen LogP) is 3.18. The van der Waals surface area contributed by atoms with Crippen molar-refractivity contribution >= 4 is 6.09 Å². The summed E-state index contributed by atoms with van der Waals surface area (Å²) < 4.78 is 18.1. The van der Waals surface area contributed by atoms with E-state index < -0.39 is 5.60 Å². The molecule has 0 spiro atoms. The van der Waals surface area contributed by atoms with E-state index in [1.807, 2.05) is 33.8 Å². The summed E-state index contributed by atoms with van der Waals surface area (Å²) in [7, 11) is 0. The second-order valence-electron chi connectivity index (χ2n) is 6.35. The molecular weight excluding hydrogens is 283 g/mol. The highest BCUT2D eigenvalue weighted by Gasteiger charge is 2.15. The molecule has 1 aromatic rings. The Bertz CT molecular complexity index is 484. The molecule has 0 aliphatic rings. The average Bonchev–Trinajstić information content (AvgIpc) is 2.37. The molecule has 0 aliphatic carbocycles. The van der Waals surface area contributed by atoms with Gasteiger partial charge in [0, 0.05) is 6.54 Å². The molecule has 5 heteroatoms. The first-order chi connectivity index (χ1) is 10.3. The molecule has 0 atom stereocenters. The fourth-order valence-electron chi connectivity index (χ4n) is 2.01. The molecule has 0 saturated heterocycles. The number of amides is 1.